The number of hydrogen-bond donors (Lipinski definition) is 1. The van der Waals surface area contributed by atoms with Crippen LogP contribution in [0.15, 0.2) is 30.6 Å². The molecule has 144 valence electrons. The zero-order valence-electron chi connectivity index (χ0n) is 15.8. The Bertz CT molecular complexity index is 791. The number of nitrogens with one attached hydrogen (secondary N) is 1. The van der Waals surface area contributed by atoms with Crippen LogP contribution in [0.5, 0.6) is 17.4 Å². The number of nitrogens with zero attached hydrogens (tertiary/aromatic N) is 3. The molecule has 1 fully saturated rings. The number of aromatic nitrogens is 2. The summed E-state index contributed by atoms with van der Waals surface area (Å²) in [4.78, 5) is 23.1. The molecule has 27 heavy (non-hydrogen) atoms. The number of ether oxygens (including phenoxy) is 3. The number of piperidine rings is 1. The smallest absolute Gasteiger partial charge is 0.227 e. The molecular formula is C19H24N4O4. The maximum Gasteiger partial charge on any atom is 0.227 e. The average molecular weight is 372 g/mol. The SMILES string of the molecule is COc1cc(N2CCC(C(=O)Nc3ccc(OC)c(OC)c3)CC2)ncn1. The molecule has 0 saturated carbocycles. The molecule has 2 aromatic rings. The zero-order valence-corrected chi connectivity index (χ0v) is 15.8. The maximum atomic E-state index is 12.6. The van der Waals surface area contributed by atoms with Gasteiger partial charge in [-0.2, -0.15) is 0 Å². The Morgan fingerprint density at radius 3 is 2.44 bits per heavy atom. The molecule has 8 heteroatoms. The zero-order chi connectivity index (χ0) is 19.2. The first-order chi connectivity index (χ1) is 13.1. The summed E-state index contributed by atoms with van der Waals surface area (Å²) in [5.74, 6) is 2.54. The van der Waals surface area contributed by atoms with Crippen molar-refractivity contribution in [2.75, 3.05) is 44.6 Å². The Balaban J connectivity index is 1.58. The van der Waals surface area contributed by atoms with Gasteiger partial charge < -0.3 is 24.4 Å². The van der Waals surface area contributed by atoms with E-state index in [1.165, 1.54) is 6.33 Å². The minimum Gasteiger partial charge on any atom is -0.493 e. The predicted octanol–water partition coefficient (Wildman–Crippen LogP) is 2.36. The number of carbonyl (C=O) groups is 1. The van der Waals surface area contributed by atoms with Crippen molar-refractivity contribution >= 4 is 17.4 Å². The topological polar surface area (TPSA) is 85.8 Å². The van der Waals surface area contributed by atoms with E-state index in [0.29, 0.717) is 23.1 Å². The minimum absolute atomic E-state index is 0.0159. The van der Waals surface area contributed by atoms with E-state index in [1.54, 1.807) is 33.5 Å². The lowest BCUT2D eigenvalue weighted by atomic mass is 9.96. The van der Waals surface area contributed by atoms with E-state index in [1.807, 2.05) is 12.1 Å². The van der Waals surface area contributed by atoms with Crippen LogP contribution in [0.4, 0.5) is 11.5 Å². The van der Waals surface area contributed by atoms with E-state index < -0.39 is 0 Å². The molecule has 0 spiro atoms. The van der Waals surface area contributed by atoms with Gasteiger partial charge in [0.25, 0.3) is 0 Å². The number of benzene rings is 1. The van der Waals surface area contributed by atoms with Crippen molar-refractivity contribution in [2.24, 2.45) is 5.92 Å². The molecule has 1 aliphatic heterocycles. The number of hydrogen-bond acceptors (Lipinski definition) is 7. The summed E-state index contributed by atoms with van der Waals surface area (Å²) in [6, 6.07) is 7.16. The van der Waals surface area contributed by atoms with Gasteiger partial charge in [0.1, 0.15) is 12.1 Å². The number of carbonyl (C=O) groups excluding carboxylic acids is 1. The highest BCUT2D eigenvalue weighted by molar-refractivity contribution is 5.93. The van der Waals surface area contributed by atoms with Gasteiger partial charge in [-0.15, -0.1) is 0 Å². The summed E-state index contributed by atoms with van der Waals surface area (Å²) in [5, 5.41) is 2.97. The minimum atomic E-state index is -0.0434. The van der Waals surface area contributed by atoms with Crippen LogP contribution in [-0.4, -0.2) is 50.3 Å². The van der Waals surface area contributed by atoms with Crippen molar-refractivity contribution in [3.8, 4) is 17.4 Å². The Morgan fingerprint density at radius 2 is 1.78 bits per heavy atom. The summed E-state index contributed by atoms with van der Waals surface area (Å²) < 4.78 is 15.6. The lowest BCUT2D eigenvalue weighted by Crippen LogP contribution is -2.38. The summed E-state index contributed by atoms with van der Waals surface area (Å²) in [5.41, 5.74) is 0.695. The molecule has 1 saturated heterocycles. The van der Waals surface area contributed by atoms with E-state index in [-0.39, 0.29) is 11.8 Å². The molecule has 8 nitrogen and oxygen atoms in total. The third-order valence-corrected chi connectivity index (χ3v) is 4.68. The molecule has 2 heterocycles. The molecule has 0 unspecified atom stereocenters. The molecule has 3 rings (SSSR count). The predicted molar refractivity (Wildman–Crippen MR) is 102 cm³/mol. The van der Waals surface area contributed by atoms with Crippen molar-refractivity contribution in [3.63, 3.8) is 0 Å². The first kappa shape index (κ1) is 18.8. The summed E-state index contributed by atoms with van der Waals surface area (Å²) >= 11 is 0. The second-order valence-corrected chi connectivity index (χ2v) is 6.24. The summed E-state index contributed by atoms with van der Waals surface area (Å²) in [6.07, 6.45) is 3.00. The van der Waals surface area contributed by atoms with Crippen LogP contribution in [0.2, 0.25) is 0 Å². The Labute approximate surface area is 158 Å². The van der Waals surface area contributed by atoms with E-state index in [4.69, 9.17) is 14.2 Å². The quantitative estimate of drug-likeness (QED) is 0.833. The van der Waals surface area contributed by atoms with E-state index in [2.05, 4.69) is 20.2 Å². The average Bonchev–Trinajstić information content (AvgIpc) is 2.73. The van der Waals surface area contributed by atoms with Crippen LogP contribution in [-0.2, 0) is 4.79 Å². The maximum absolute atomic E-state index is 12.6. The highest BCUT2D eigenvalue weighted by Gasteiger charge is 2.26. The fourth-order valence-electron chi connectivity index (χ4n) is 3.14. The van der Waals surface area contributed by atoms with Gasteiger partial charge in [-0.1, -0.05) is 0 Å². The number of rotatable bonds is 6. The Kier molecular flexibility index (Phi) is 5.95. The van der Waals surface area contributed by atoms with Crippen LogP contribution in [0.3, 0.4) is 0 Å². The van der Waals surface area contributed by atoms with Gasteiger partial charge in [-0.05, 0) is 25.0 Å². The molecule has 0 atom stereocenters. The third kappa shape index (κ3) is 4.39. The lowest BCUT2D eigenvalue weighted by Gasteiger charge is -2.32. The highest BCUT2D eigenvalue weighted by atomic mass is 16.5. The summed E-state index contributed by atoms with van der Waals surface area (Å²) in [6.45, 7) is 1.51. The molecule has 0 bridgehead atoms. The number of anilines is 2. The van der Waals surface area contributed by atoms with Crippen molar-refractivity contribution in [1.29, 1.82) is 0 Å². The van der Waals surface area contributed by atoms with Gasteiger partial charge in [0, 0.05) is 36.8 Å². The lowest BCUT2D eigenvalue weighted by molar-refractivity contribution is -0.120. The third-order valence-electron chi connectivity index (χ3n) is 4.68. The molecule has 1 aromatic heterocycles. The van der Waals surface area contributed by atoms with Crippen molar-refractivity contribution in [2.45, 2.75) is 12.8 Å². The fraction of sp³-hybridized carbons (Fsp3) is 0.421. The van der Waals surface area contributed by atoms with Gasteiger partial charge >= 0.3 is 0 Å². The van der Waals surface area contributed by atoms with Crippen LogP contribution in [0, 0.1) is 5.92 Å². The van der Waals surface area contributed by atoms with E-state index >= 15 is 0 Å². The number of amides is 1. The number of methoxy groups -OCH3 is 3. The first-order valence-corrected chi connectivity index (χ1v) is 8.78. The molecule has 0 radical (unpaired) electrons. The largest absolute Gasteiger partial charge is 0.493 e. The van der Waals surface area contributed by atoms with E-state index in [0.717, 1.165) is 31.7 Å². The van der Waals surface area contributed by atoms with Gasteiger partial charge in [-0.3, -0.25) is 4.79 Å². The van der Waals surface area contributed by atoms with Crippen LogP contribution >= 0.6 is 0 Å². The first-order valence-electron chi connectivity index (χ1n) is 8.78. The second-order valence-electron chi connectivity index (χ2n) is 6.24. The van der Waals surface area contributed by atoms with Gasteiger partial charge in [0.15, 0.2) is 11.5 Å². The van der Waals surface area contributed by atoms with Gasteiger partial charge in [-0.25, -0.2) is 9.97 Å². The van der Waals surface area contributed by atoms with Gasteiger partial charge in [0.05, 0.1) is 21.3 Å². The molecule has 1 aromatic carbocycles. The fourth-order valence-corrected chi connectivity index (χ4v) is 3.14. The molecule has 1 N–H and O–H groups in total. The molecule has 1 aliphatic rings. The van der Waals surface area contributed by atoms with Crippen LogP contribution in [0.25, 0.3) is 0 Å². The Morgan fingerprint density at radius 1 is 1.04 bits per heavy atom. The van der Waals surface area contributed by atoms with Crippen LogP contribution < -0.4 is 24.4 Å². The monoisotopic (exact) mass is 372 g/mol. The highest BCUT2D eigenvalue weighted by Crippen LogP contribution is 2.30. The van der Waals surface area contributed by atoms with Crippen molar-refractivity contribution in [1.82, 2.24) is 9.97 Å². The second kappa shape index (κ2) is 8.57. The molecule has 1 amide bonds. The van der Waals surface area contributed by atoms with Gasteiger partial charge in [0.2, 0.25) is 11.8 Å². The standard InChI is InChI=1S/C19H24N4O4/c1-25-15-5-4-14(10-16(15)26-2)22-19(24)13-6-8-23(9-7-13)17-11-18(27-3)21-12-20-17/h4-5,10-13H,6-9H2,1-3H3,(H,22,24). The summed E-state index contributed by atoms with van der Waals surface area (Å²) in [7, 11) is 4.73. The molecule has 0 aliphatic carbocycles. The molecular weight excluding hydrogens is 348 g/mol. The Hall–Kier alpha value is -3.03. The van der Waals surface area contributed by atoms with Crippen molar-refractivity contribution in [3.05, 3.63) is 30.6 Å². The van der Waals surface area contributed by atoms with E-state index in [9.17, 15) is 4.79 Å². The normalized spacial score (nSPS) is 14.6. The van der Waals surface area contributed by atoms with Crippen molar-refractivity contribution < 1.29 is 19.0 Å². The van der Waals surface area contributed by atoms with Crippen LogP contribution in [0.1, 0.15) is 12.8 Å².